The highest BCUT2D eigenvalue weighted by Gasteiger charge is 2.38. The number of ether oxygens (including phenoxy) is 1. The number of carbonyl (C=O) groups is 2. The fraction of sp³-hybridized carbons (Fsp3) is 0.333. The van der Waals surface area contributed by atoms with Gasteiger partial charge in [-0.15, -0.1) is 0 Å². The summed E-state index contributed by atoms with van der Waals surface area (Å²) < 4.78 is 18.9. The van der Waals surface area contributed by atoms with Gasteiger partial charge in [-0.1, -0.05) is 48.5 Å². The van der Waals surface area contributed by atoms with Gasteiger partial charge in [-0.2, -0.15) is 0 Å². The van der Waals surface area contributed by atoms with Crippen molar-refractivity contribution in [1.82, 2.24) is 10.6 Å². The number of methoxy groups -OCH3 is 1. The van der Waals surface area contributed by atoms with Crippen LogP contribution < -0.4 is 15.4 Å². The van der Waals surface area contributed by atoms with E-state index in [1.54, 1.807) is 12.1 Å². The molecule has 4 rings (SSSR count). The quantitative estimate of drug-likeness (QED) is 0.518. The maximum atomic E-state index is 13.8. The normalized spacial score (nSPS) is 18.7. The summed E-state index contributed by atoms with van der Waals surface area (Å²) in [7, 11) is 1.43. The average Bonchev–Trinajstić information content (AvgIpc) is 3.19. The minimum Gasteiger partial charge on any atom is -0.494 e. The molecule has 0 aliphatic carbocycles. The van der Waals surface area contributed by atoms with E-state index in [0.717, 1.165) is 21.9 Å². The standard InChI is InChI=1S/C27H29FN2O3/c1-18(21-9-5-7-20-6-3-4-8-22(20)21)29-25(31)12-14-27(15-13-26(32)30-27)17-19-10-11-23(28)24(16-19)33-2/h3-11,16,18H,12-15,17H2,1-2H3,(H,29,31)(H,30,32)/t18-,27-/m0/s1. The van der Waals surface area contributed by atoms with Crippen LogP contribution in [-0.2, 0) is 16.0 Å². The third-order valence-electron chi connectivity index (χ3n) is 6.49. The summed E-state index contributed by atoms with van der Waals surface area (Å²) in [5.74, 6) is -0.331. The average molecular weight is 449 g/mol. The number of rotatable bonds is 8. The molecular weight excluding hydrogens is 419 g/mol. The topological polar surface area (TPSA) is 67.4 Å². The predicted octanol–water partition coefficient (Wildman–Crippen LogP) is 4.84. The van der Waals surface area contributed by atoms with E-state index in [9.17, 15) is 14.0 Å². The van der Waals surface area contributed by atoms with Crippen molar-refractivity contribution in [2.24, 2.45) is 0 Å². The van der Waals surface area contributed by atoms with Crippen LogP contribution in [0.3, 0.4) is 0 Å². The van der Waals surface area contributed by atoms with Crippen LogP contribution in [0.5, 0.6) is 5.75 Å². The van der Waals surface area contributed by atoms with Gasteiger partial charge < -0.3 is 15.4 Å². The van der Waals surface area contributed by atoms with Crippen LogP contribution >= 0.6 is 0 Å². The van der Waals surface area contributed by atoms with E-state index in [-0.39, 0.29) is 30.0 Å². The number of benzene rings is 3. The Labute approximate surface area is 193 Å². The molecule has 0 unspecified atom stereocenters. The number of hydrogen-bond donors (Lipinski definition) is 2. The fourth-order valence-corrected chi connectivity index (χ4v) is 4.76. The zero-order chi connectivity index (χ0) is 23.4. The molecule has 6 heteroatoms. The molecule has 1 fully saturated rings. The lowest BCUT2D eigenvalue weighted by molar-refractivity contribution is -0.123. The lowest BCUT2D eigenvalue weighted by Crippen LogP contribution is -2.44. The van der Waals surface area contributed by atoms with Gasteiger partial charge in [0.25, 0.3) is 0 Å². The van der Waals surface area contributed by atoms with E-state index in [1.807, 2.05) is 31.2 Å². The molecule has 1 aliphatic rings. The van der Waals surface area contributed by atoms with Gasteiger partial charge in [0.2, 0.25) is 11.8 Å². The number of hydrogen-bond acceptors (Lipinski definition) is 3. The fourth-order valence-electron chi connectivity index (χ4n) is 4.76. The zero-order valence-corrected chi connectivity index (χ0v) is 19.0. The number of fused-ring (bicyclic) bond motifs is 1. The van der Waals surface area contributed by atoms with Gasteiger partial charge in [0, 0.05) is 18.4 Å². The maximum absolute atomic E-state index is 13.8. The minimum atomic E-state index is -0.528. The molecule has 0 radical (unpaired) electrons. The lowest BCUT2D eigenvalue weighted by Gasteiger charge is -2.30. The maximum Gasteiger partial charge on any atom is 0.220 e. The molecule has 1 heterocycles. The van der Waals surface area contributed by atoms with Crippen LogP contribution in [0, 0.1) is 5.82 Å². The first-order valence-corrected chi connectivity index (χ1v) is 11.3. The van der Waals surface area contributed by atoms with Crippen molar-refractivity contribution in [3.8, 4) is 5.75 Å². The summed E-state index contributed by atoms with van der Waals surface area (Å²) >= 11 is 0. The van der Waals surface area contributed by atoms with E-state index in [1.165, 1.54) is 13.2 Å². The second-order valence-electron chi connectivity index (χ2n) is 8.83. The number of nitrogens with one attached hydrogen (secondary N) is 2. The van der Waals surface area contributed by atoms with Gasteiger partial charge >= 0.3 is 0 Å². The third-order valence-corrected chi connectivity index (χ3v) is 6.49. The molecular formula is C27H29FN2O3. The Morgan fingerprint density at radius 3 is 2.73 bits per heavy atom. The first-order valence-electron chi connectivity index (χ1n) is 11.3. The van der Waals surface area contributed by atoms with Crippen LogP contribution in [0.15, 0.2) is 60.7 Å². The van der Waals surface area contributed by atoms with Crippen molar-refractivity contribution in [3.05, 3.63) is 77.6 Å². The van der Waals surface area contributed by atoms with Crippen LogP contribution in [0.4, 0.5) is 4.39 Å². The molecule has 3 aromatic rings. The van der Waals surface area contributed by atoms with Crippen molar-refractivity contribution < 1.29 is 18.7 Å². The Morgan fingerprint density at radius 1 is 1.18 bits per heavy atom. The smallest absolute Gasteiger partial charge is 0.220 e. The first kappa shape index (κ1) is 22.8. The van der Waals surface area contributed by atoms with E-state index >= 15 is 0 Å². The molecule has 1 aliphatic heterocycles. The molecule has 0 spiro atoms. The van der Waals surface area contributed by atoms with Gasteiger partial charge in [-0.3, -0.25) is 9.59 Å². The minimum absolute atomic E-state index is 0.0198. The number of halogens is 1. The van der Waals surface area contributed by atoms with E-state index in [4.69, 9.17) is 4.74 Å². The summed E-state index contributed by atoms with van der Waals surface area (Å²) in [6, 6.07) is 18.8. The molecule has 0 aromatic heterocycles. The molecule has 2 amide bonds. The molecule has 1 saturated heterocycles. The second-order valence-corrected chi connectivity index (χ2v) is 8.83. The Balaban J connectivity index is 1.44. The van der Waals surface area contributed by atoms with E-state index in [0.29, 0.717) is 25.7 Å². The van der Waals surface area contributed by atoms with Crippen molar-refractivity contribution in [1.29, 1.82) is 0 Å². The van der Waals surface area contributed by atoms with Crippen LogP contribution in [0.1, 0.15) is 49.8 Å². The highest BCUT2D eigenvalue weighted by molar-refractivity contribution is 5.87. The van der Waals surface area contributed by atoms with Crippen molar-refractivity contribution in [3.63, 3.8) is 0 Å². The summed E-state index contributed by atoms with van der Waals surface area (Å²) in [5.41, 5.74) is 1.41. The Morgan fingerprint density at radius 2 is 1.97 bits per heavy atom. The summed E-state index contributed by atoms with van der Waals surface area (Å²) in [6.07, 6.45) is 2.37. The molecule has 0 saturated carbocycles. The molecule has 0 bridgehead atoms. The second kappa shape index (κ2) is 9.61. The van der Waals surface area contributed by atoms with Gasteiger partial charge in [-0.25, -0.2) is 4.39 Å². The zero-order valence-electron chi connectivity index (χ0n) is 19.0. The van der Waals surface area contributed by atoms with E-state index < -0.39 is 11.4 Å². The Hall–Kier alpha value is -3.41. The molecule has 33 heavy (non-hydrogen) atoms. The SMILES string of the molecule is COc1cc(C[C@]2(CCC(=O)N[C@@H](C)c3cccc4ccccc34)CCC(=O)N2)ccc1F. The molecule has 2 atom stereocenters. The van der Waals surface area contributed by atoms with Crippen molar-refractivity contribution in [2.45, 2.75) is 50.6 Å². The lowest BCUT2D eigenvalue weighted by atomic mass is 9.84. The summed E-state index contributed by atoms with van der Waals surface area (Å²) in [5, 5.41) is 8.45. The Bertz CT molecular complexity index is 1170. The van der Waals surface area contributed by atoms with Gasteiger partial charge in [0.05, 0.1) is 13.2 Å². The van der Waals surface area contributed by atoms with Crippen molar-refractivity contribution in [2.75, 3.05) is 7.11 Å². The number of amides is 2. The molecule has 5 nitrogen and oxygen atoms in total. The van der Waals surface area contributed by atoms with Crippen molar-refractivity contribution >= 4 is 22.6 Å². The van der Waals surface area contributed by atoms with E-state index in [2.05, 4.69) is 28.8 Å². The van der Waals surface area contributed by atoms with Crippen LogP contribution in [0.25, 0.3) is 10.8 Å². The number of carbonyl (C=O) groups excluding carboxylic acids is 2. The first-order chi connectivity index (χ1) is 15.9. The van der Waals surface area contributed by atoms with Gasteiger partial charge in [-0.05, 0) is 60.2 Å². The molecule has 172 valence electrons. The Kier molecular flexibility index (Phi) is 6.63. The molecule has 3 aromatic carbocycles. The predicted molar refractivity (Wildman–Crippen MR) is 127 cm³/mol. The van der Waals surface area contributed by atoms with Crippen LogP contribution in [-0.4, -0.2) is 24.5 Å². The third kappa shape index (κ3) is 5.16. The van der Waals surface area contributed by atoms with Gasteiger partial charge in [0.1, 0.15) is 0 Å². The largest absolute Gasteiger partial charge is 0.494 e. The summed E-state index contributed by atoms with van der Waals surface area (Å²) in [6.45, 7) is 1.98. The van der Waals surface area contributed by atoms with Crippen LogP contribution in [0.2, 0.25) is 0 Å². The summed E-state index contributed by atoms with van der Waals surface area (Å²) in [4.78, 5) is 24.9. The molecule has 2 N–H and O–H groups in total. The highest BCUT2D eigenvalue weighted by Crippen LogP contribution is 2.31. The monoisotopic (exact) mass is 448 g/mol. The van der Waals surface area contributed by atoms with Gasteiger partial charge in [0.15, 0.2) is 11.6 Å². The highest BCUT2D eigenvalue weighted by atomic mass is 19.1.